The Labute approximate surface area is 315 Å². The second kappa shape index (κ2) is 37.7. The van der Waals surface area contributed by atoms with Gasteiger partial charge in [0.2, 0.25) is 0 Å². The minimum atomic E-state index is -4.79. The molecule has 0 fully saturated rings. The molecule has 52 heavy (non-hydrogen) atoms. The minimum absolute atomic E-state index is 0.0289. The molecule has 294 valence electrons. The van der Waals surface area contributed by atoms with Crippen LogP contribution in [-0.2, 0) is 28.2 Å². The van der Waals surface area contributed by atoms with Crippen LogP contribution in [0, 0.1) is 0 Å². The molecule has 1 unspecified atom stereocenters. The number of phosphoric ester groups is 1. The van der Waals surface area contributed by atoms with E-state index in [4.69, 9.17) is 19.3 Å². The molecule has 0 aliphatic carbocycles. The third-order valence-corrected chi connectivity index (χ3v) is 8.10. The summed E-state index contributed by atoms with van der Waals surface area (Å²) in [7, 11) is -4.79. The average Bonchev–Trinajstić information content (AvgIpc) is 3.11. The van der Waals surface area contributed by atoms with E-state index in [1.165, 1.54) is 25.7 Å². The zero-order valence-corrected chi connectivity index (χ0v) is 33.1. The van der Waals surface area contributed by atoms with Gasteiger partial charge in [0.1, 0.15) is 6.61 Å². The van der Waals surface area contributed by atoms with Crippen molar-refractivity contribution < 1.29 is 37.9 Å². The Morgan fingerprint density at radius 3 is 1.48 bits per heavy atom. The molecule has 0 aromatic carbocycles. The van der Waals surface area contributed by atoms with Crippen LogP contribution >= 0.6 is 7.82 Å². The first kappa shape index (κ1) is 49.0. The van der Waals surface area contributed by atoms with Crippen molar-refractivity contribution in [3.8, 4) is 0 Å². The zero-order valence-electron chi connectivity index (χ0n) is 32.2. The van der Waals surface area contributed by atoms with Crippen molar-refractivity contribution in [2.75, 3.05) is 13.2 Å². The van der Waals surface area contributed by atoms with Crippen molar-refractivity contribution in [3.05, 3.63) is 97.2 Å². The highest BCUT2D eigenvalue weighted by atomic mass is 31.2. The second-order valence-electron chi connectivity index (χ2n) is 12.5. The average molecular weight is 745 g/mol. The number of allylic oxidation sites excluding steroid dienone is 15. The highest BCUT2D eigenvalue weighted by Gasteiger charge is 2.22. The Hall–Kier alpha value is -3.03. The van der Waals surface area contributed by atoms with E-state index in [-0.39, 0.29) is 19.4 Å². The normalized spacial score (nSPS) is 13.5. The van der Waals surface area contributed by atoms with Crippen molar-refractivity contribution in [1.82, 2.24) is 0 Å². The quantitative estimate of drug-likeness (QED) is 0.0289. The molecule has 1 atom stereocenters. The summed E-state index contributed by atoms with van der Waals surface area (Å²) < 4.78 is 26.2. The summed E-state index contributed by atoms with van der Waals surface area (Å²) in [5, 5.41) is 0. The van der Waals surface area contributed by atoms with E-state index < -0.39 is 32.5 Å². The summed E-state index contributed by atoms with van der Waals surface area (Å²) >= 11 is 0. The summed E-state index contributed by atoms with van der Waals surface area (Å²) in [6, 6.07) is 0. The molecule has 0 rings (SSSR count). The number of rotatable bonds is 34. The van der Waals surface area contributed by atoms with E-state index in [0.717, 1.165) is 77.0 Å². The molecular formula is C43H69O8P. The van der Waals surface area contributed by atoms with Gasteiger partial charge in [-0.3, -0.25) is 14.1 Å². The van der Waals surface area contributed by atoms with Gasteiger partial charge in [0, 0.05) is 6.42 Å². The van der Waals surface area contributed by atoms with Crippen LogP contribution in [0.5, 0.6) is 0 Å². The van der Waals surface area contributed by atoms with Gasteiger partial charge in [-0.1, -0.05) is 150 Å². The first-order valence-electron chi connectivity index (χ1n) is 19.5. The molecule has 0 aliphatic rings. The Morgan fingerprint density at radius 2 is 0.981 bits per heavy atom. The van der Waals surface area contributed by atoms with Crippen molar-refractivity contribution in [3.63, 3.8) is 0 Å². The smallest absolute Gasteiger partial charge is 0.462 e. The van der Waals surface area contributed by atoms with Crippen LogP contribution in [0.4, 0.5) is 0 Å². The molecule has 0 saturated carbocycles. The van der Waals surface area contributed by atoms with Crippen LogP contribution in [-0.4, -0.2) is 41.0 Å². The lowest BCUT2D eigenvalue weighted by molar-refractivity contribution is -0.160. The van der Waals surface area contributed by atoms with Crippen LogP contribution in [0.1, 0.15) is 142 Å². The summed E-state index contributed by atoms with van der Waals surface area (Å²) in [6.07, 6.45) is 51.5. The first-order chi connectivity index (χ1) is 25.3. The van der Waals surface area contributed by atoms with Gasteiger partial charge >= 0.3 is 19.8 Å². The van der Waals surface area contributed by atoms with E-state index in [9.17, 15) is 14.2 Å². The standard InChI is InChI=1S/C43H69O8P/c1-3-5-7-9-11-13-15-17-19-20-21-22-24-25-27-29-31-33-35-37-42(44)49-39-41(40-50-52(46,47)48)51-43(45)38-36-34-32-30-28-26-23-18-16-14-12-10-8-6-4-2/h6,8,11-14,17-19,21-23,28,30,34,36,41H,3-5,7,9-10,15-16,20,24-27,29,31-33,35,37-40H2,1-2H3,(H2,46,47,48)/b8-6-,13-11-,14-12-,19-17-,22-21-,23-18-,30-28-,36-34-. The van der Waals surface area contributed by atoms with Crippen LogP contribution in [0.3, 0.4) is 0 Å². The lowest BCUT2D eigenvalue weighted by atomic mass is 10.1. The molecule has 0 saturated heterocycles. The minimum Gasteiger partial charge on any atom is -0.462 e. The summed E-state index contributed by atoms with van der Waals surface area (Å²) in [6.45, 7) is 3.42. The van der Waals surface area contributed by atoms with Crippen molar-refractivity contribution in [2.45, 2.75) is 148 Å². The monoisotopic (exact) mass is 744 g/mol. The Kier molecular flexibility index (Phi) is 35.5. The highest BCUT2D eigenvalue weighted by Crippen LogP contribution is 2.35. The SMILES string of the molecule is CC/C=C\C/C=C\C/C=C\C/C=C\C/C=C\CC(=O)OC(COC(=O)CCCCCCCC/C=C\C/C=C\C/C=C\CCCCC)COP(=O)(O)O. The summed E-state index contributed by atoms with van der Waals surface area (Å²) in [5.74, 6) is -1.06. The molecule has 0 bridgehead atoms. The van der Waals surface area contributed by atoms with E-state index in [1.54, 1.807) is 6.08 Å². The fourth-order valence-electron chi connectivity index (χ4n) is 4.75. The largest absolute Gasteiger partial charge is 0.469 e. The fraction of sp³-hybridized carbons (Fsp3) is 0.581. The number of ether oxygens (including phenoxy) is 2. The van der Waals surface area contributed by atoms with Crippen molar-refractivity contribution in [2.24, 2.45) is 0 Å². The maximum absolute atomic E-state index is 12.3. The van der Waals surface area contributed by atoms with E-state index in [0.29, 0.717) is 12.8 Å². The predicted molar refractivity (Wildman–Crippen MR) is 216 cm³/mol. The second-order valence-corrected chi connectivity index (χ2v) is 13.8. The highest BCUT2D eigenvalue weighted by molar-refractivity contribution is 7.46. The van der Waals surface area contributed by atoms with Gasteiger partial charge in [-0.05, 0) is 77.0 Å². The zero-order chi connectivity index (χ0) is 38.2. The van der Waals surface area contributed by atoms with Gasteiger partial charge in [0.25, 0.3) is 0 Å². The molecule has 0 amide bonds. The number of esters is 2. The summed E-state index contributed by atoms with van der Waals surface area (Å²) in [4.78, 5) is 42.7. The number of hydrogen-bond acceptors (Lipinski definition) is 6. The molecular weight excluding hydrogens is 675 g/mol. The maximum Gasteiger partial charge on any atom is 0.469 e. The molecule has 0 spiro atoms. The lowest BCUT2D eigenvalue weighted by Crippen LogP contribution is -2.29. The molecule has 8 nitrogen and oxygen atoms in total. The maximum atomic E-state index is 12.3. The number of carbonyl (C=O) groups excluding carboxylic acids is 2. The topological polar surface area (TPSA) is 119 Å². The van der Waals surface area contributed by atoms with Crippen LogP contribution in [0.15, 0.2) is 97.2 Å². The van der Waals surface area contributed by atoms with Gasteiger partial charge in [0.15, 0.2) is 6.10 Å². The lowest BCUT2D eigenvalue weighted by Gasteiger charge is -2.18. The molecule has 0 radical (unpaired) electrons. The number of carbonyl (C=O) groups is 2. The third-order valence-electron chi connectivity index (χ3n) is 7.62. The molecule has 0 heterocycles. The molecule has 0 aromatic heterocycles. The van der Waals surface area contributed by atoms with Gasteiger partial charge in [-0.25, -0.2) is 4.57 Å². The Bertz CT molecular complexity index is 1160. The van der Waals surface area contributed by atoms with Crippen LogP contribution in [0.25, 0.3) is 0 Å². The third kappa shape index (κ3) is 39.8. The predicted octanol–water partition coefficient (Wildman–Crippen LogP) is 11.8. The summed E-state index contributed by atoms with van der Waals surface area (Å²) in [5.41, 5.74) is 0. The van der Waals surface area contributed by atoms with E-state index in [1.807, 2.05) is 18.2 Å². The molecule has 2 N–H and O–H groups in total. The van der Waals surface area contributed by atoms with Crippen LogP contribution < -0.4 is 0 Å². The van der Waals surface area contributed by atoms with Gasteiger partial charge in [0.05, 0.1) is 13.0 Å². The van der Waals surface area contributed by atoms with E-state index in [2.05, 4.69) is 91.3 Å². The van der Waals surface area contributed by atoms with Crippen LogP contribution in [0.2, 0.25) is 0 Å². The van der Waals surface area contributed by atoms with Gasteiger partial charge < -0.3 is 19.3 Å². The molecule has 0 aromatic rings. The first-order valence-corrected chi connectivity index (χ1v) is 21.1. The molecule has 0 aliphatic heterocycles. The van der Waals surface area contributed by atoms with Crippen molar-refractivity contribution >= 4 is 19.8 Å². The number of hydrogen-bond donors (Lipinski definition) is 2. The van der Waals surface area contributed by atoms with Crippen molar-refractivity contribution in [1.29, 1.82) is 0 Å². The van der Waals surface area contributed by atoms with E-state index >= 15 is 0 Å². The van der Waals surface area contributed by atoms with Gasteiger partial charge in [-0.15, -0.1) is 0 Å². The Morgan fingerprint density at radius 1 is 0.538 bits per heavy atom. The fourth-order valence-corrected chi connectivity index (χ4v) is 5.11. The van der Waals surface area contributed by atoms with Gasteiger partial charge in [-0.2, -0.15) is 0 Å². The Balaban J connectivity index is 4.12. The number of unbranched alkanes of at least 4 members (excludes halogenated alkanes) is 9. The number of phosphoric acid groups is 1. The molecule has 9 heteroatoms.